The number of rotatable bonds is 5. The zero-order valence-electron chi connectivity index (χ0n) is 11.9. The summed E-state index contributed by atoms with van der Waals surface area (Å²) in [5.74, 6) is 1.06. The lowest BCUT2D eigenvalue weighted by Gasteiger charge is -2.12. The maximum absolute atomic E-state index is 4.56. The lowest BCUT2D eigenvalue weighted by atomic mass is 10.0. The van der Waals surface area contributed by atoms with Crippen LogP contribution < -0.4 is 5.32 Å². The van der Waals surface area contributed by atoms with E-state index in [-0.39, 0.29) is 0 Å². The molecule has 0 radical (unpaired) electrons. The van der Waals surface area contributed by atoms with E-state index in [1.54, 1.807) is 6.20 Å². The van der Waals surface area contributed by atoms with Crippen LogP contribution in [0.3, 0.4) is 0 Å². The second-order valence-corrected chi connectivity index (χ2v) is 5.07. The predicted molar refractivity (Wildman–Crippen MR) is 77.1 cm³/mol. The number of aromatic amines is 1. The van der Waals surface area contributed by atoms with E-state index >= 15 is 0 Å². The van der Waals surface area contributed by atoms with Crippen LogP contribution in [0.1, 0.15) is 45.7 Å². The van der Waals surface area contributed by atoms with Crippen molar-refractivity contribution in [3.05, 3.63) is 24.2 Å². The minimum absolute atomic E-state index is 0.365. The average molecular weight is 259 g/mol. The second kappa shape index (κ2) is 5.82. The van der Waals surface area contributed by atoms with E-state index in [1.807, 2.05) is 12.3 Å². The molecular weight excluding hydrogens is 238 g/mol. The molecule has 0 spiro atoms. The van der Waals surface area contributed by atoms with Crippen LogP contribution in [-0.2, 0) is 0 Å². The largest absolute Gasteiger partial charge is 0.352 e. The SMILES string of the molecule is CCC(C)Nc1nccc(-c2cn[nH]c2C(C)C)n1. The molecule has 19 heavy (non-hydrogen) atoms. The van der Waals surface area contributed by atoms with Crippen LogP contribution in [0.5, 0.6) is 0 Å². The van der Waals surface area contributed by atoms with Crippen molar-refractivity contribution in [2.45, 2.75) is 46.1 Å². The Morgan fingerprint density at radius 3 is 2.79 bits per heavy atom. The van der Waals surface area contributed by atoms with Crippen molar-refractivity contribution in [1.82, 2.24) is 20.2 Å². The lowest BCUT2D eigenvalue weighted by Crippen LogP contribution is -2.15. The van der Waals surface area contributed by atoms with Gasteiger partial charge in [-0.05, 0) is 25.3 Å². The molecule has 0 saturated heterocycles. The number of hydrogen-bond acceptors (Lipinski definition) is 4. The molecular formula is C14H21N5. The first-order valence-electron chi connectivity index (χ1n) is 6.75. The minimum Gasteiger partial charge on any atom is -0.352 e. The monoisotopic (exact) mass is 259 g/mol. The first-order chi connectivity index (χ1) is 9.11. The van der Waals surface area contributed by atoms with Crippen LogP contribution in [0.25, 0.3) is 11.3 Å². The van der Waals surface area contributed by atoms with Crippen LogP contribution in [0, 0.1) is 0 Å². The molecule has 0 saturated carbocycles. The summed E-state index contributed by atoms with van der Waals surface area (Å²) < 4.78 is 0. The Labute approximate surface area is 113 Å². The minimum atomic E-state index is 0.365. The van der Waals surface area contributed by atoms with Gasteiger partial charge in [-0.25, -0.2) is 9.97 Å². The van der Waals surface area contributed by atoms with Gasteiger partial charge in [0.05, 0.1) is 11.9 Å². The Balaban J connectivity index is 2.30. The Bertz CT molecular complexity index is 532. The van der Waals surface area contributed by atoms with Crippen LogP contribution >= 0.6 is 0 Å². The highest BCUT2D eigenvalue weighted by Crippen LogP contribution is 2.25. The van der Waals surface area contributed by atoms with Gasteiger partial charge in [0, 0.05) is 23.5 Å². The highest BCUT2D eigenvalue weighted by molar-refractivity contribution is 5.62. The number of aromatic nitrogens is 4. The average Bonchev–Trinajstić information content (AvgIpc) is 2.88. The molecule has 5 nitrogen and oxygen atoms in total. The Kier molecular flexibility index (Phi) is 4.14. The molecule has 5 heteroatoms. The third kappa shape index (κ3) is 3.10. The molecule has 0 bridgehead atoms. The van der Waals surface area contributed by atoms with Gasteiger partial charge in [0.1, 0.15) is 0 Å². The summed E-state index contributed by atoms with van der Waals surface area (Å²) in [6.07, 6.45) is 4.64. The Hall–Kier alpha value is -1.91. The lowest BCUT2D eigenvalue weighted by molar-refractivity contribution is 0.753. The molecule has 0 aliphatic rings. The van der Waals surface area contributed by atoms with Crippen molar-refractivity contribution in [1.29, 1.82) is 0 Å². The maximum Gasteiger partial charge on any atom is 0.223 e. The van der Waals surface area contributed by atoms with Gasteiger partial charge in [-0.2, -0.15) is 5.10 Å². The van der Waals surface area contributed by atoms with Crippen molar-refractivity contribution < 1.29 is 0 Å². The van der Waals surface area contributed by atoms with Gasteiger partial charge in [0.25, 0.3) is 0 Å². The summed E-state index contributed by atoms with van der Waals surface area (Å²) in [5.41, 5.74) is 3.05. The molecule has 1 atom stereocenters. The first kappa shape index (κ1) is 13.5. The number of H-pyrrole nitrogens is 1. The molecule has 2 N–H and O–H groups in total. The van der Waals surface area contributed by atoms with E-state index in [0.29, 0.717) is 17.9 Å². The second-order valence-electron chi connectivity index (χ2n) is 5.07. The first-order valence-corrected chi connectivity index (χ1v) is 6.75. The zero-order chi connectivity index (χ0) is 13.8. The van der Waals surface area contributed by atoms with Gasteiger partial charge < -0.3 is 5.32 Å². The van der Waals surface area contributed by atoms with E-state index in [1.165, 1.54) is 0 Å². The zero-order valence-corrected chi connectivity index (χ0v) is 11.9. The summed E-state index contributed by atoms with van der Waals surface area (Å²) in [4.78, 5) is 8.82. The molecule has 2 rings (SSSR count). The van der Waals surface area contributed by atoms with Gasteiger partial charge in [-0.15, -0.1) is 0 Å². The Morgan fingerprint density at radius 1 is 1.32 bits per heavy atom. The number of nitrogens with zero attached hydrogens (tertiary/aromatic N) is 3. The number of nitrogens with one attached hydrogen (secondary N) is 2. The fraction of sp³-hybridized carbons (Fsp3) is 0.500. The summed E-state index contributed by atoms with van der Waals surface area (Å²) >= 11 is 0. The van der Waals surface area contributed by atoms with E-state index in [9.17, 15) is 0 Å². The van der Waals surface area contributed by atoms with Crippen molar-refractivity contribution in [2.24, 2.45) is 0 Å². The maximum atomic E-state index is 4.56. The van der Waals surface area contributed by atoms with E-state index in [0.717, 1.165) is 23.4 Å². The molecule has 1 unspecified atom stereocenters. The predicted octanol–water partition coefficient (Wildman–Crippen LogP) is 3.20. The fourth-order valence-corrected chi connectivity index (χ4v) is 1.84. The molecule has 0 fully saturated rings. The van der Waals surface area contributed by atoms with E-state index in [2.05, 4.69) is 53.2 Å². The highest BCUT2D eigenvalue weighted by Gasteiger charge is 2.13. The normalized spacial score (nSPS) is 12.7. The summed E-state index contributed by atoms with van der Waals surface area (Å²) in [7, 11) is 0. The van der Waals surface area contributed by atoms with Crippen molar-refractivity contribution in [3.63, 3.8) is 0 Å². The molecule has 0 aliphatic heterocycles. The Morgan fingerprint density at radius 2 is 2.11 bits per heavy atom. The van der Waals surface area contributed by atoms with Gasteiger partial charge >= 0.3 is 0 Å². The molecule has 102 valence electrons. The molecule has 2 heterocycles. The number of hydrogen-bond donors (Lipinski definition) is 2. The topological polar surface area (TPSA) is 66.5 Å². The van der Waals surface area contributed by atoms with Crippen molar-refractivity contribution >= 4 is 5.95 Å². The quantitative estimate of drug-likeness (QED) is 0.865. The van der Waals surface area contributed by atoms with Crippen molar-refractivity contribution in [3.8, 4) is 11.3 Å². The molecule has 0 aliphatic carbocycles. The fourth-order valence-electron chi connectivity index (χ4n) is 1.84. The van der Waals surface area contributed by atoms with Gasteiger partial charge in [-0.1, -0.05) is 20.8 Å². The molecule has 0 amide bonds. The molecule has 0 aromatic carbocycles. The molecule has 2 aromatic heterocycles. The third-order valence-corrected chi connectivity index (χ3v) is 3.17. The van der Waals surface area contributed by atoms with Crippen LogP contribution in [0.4, 0.5) is 5.95 Å². The van der Waals surface area contributed by atoms with Gasteiger partial charge in [0.2, 0.25) is 5.95 Å². The van der Waals surface area contributed by atoms with Gasteiger partial charge in [-0.3, -0.25) is 5.10 Å². The van der Waals surface area contributed by atoms with Crippen molar-refractivity contribution in [2.75, 3.05) is 5.32 Å². The summed E-state index contributed by atoms with van der Waals surface area (Å²) in [6, 6.07) is 2.28. The highest BCUT2D eigenvalue weighted by atomic mass is 15.1. The van der Waals surface area contributed by atoms with Crippen LogP contribution in [0.15, 0.2) is 18.5 Å². The summed E-state index contributed by atoms with van der Waals surface area (Å²) in [5, 5.41) is 10.5. The third-order valence-electron chi connectivity index (χ3n) is 3.17. The molecule has 2 aromatic rings. The summed E-state index contributed by atoms with van der Waals surface area (Å²) in [6.45, 7) is 8.52. The van der Waals surface area contributed by atoms with E-state index in [4.69, 9.17) is 0 Å². The smallest absolute Gasteiger partial charge is 0.223 e. The van der Waals surface area contributed by atoms with E-state index < -0.39 is 0 Å². The van der Waals surface area contributed by atoms with Gasteiger partial charge in [0.15, 0.2) is 0 Å². The standard InChI is InChI=1S/C14H21N5/c1-5-10(4)17-14-15-7-6-12(18-14)11-8-16-19-13(11)9(2)3/h6-10H,5H2,1-4H3,(H,16,19)(H,15,17,18). The van der Waals surface area contributed by atoms with Crippen LogP contribution in [-0.4, -0.2) is 26.2 Å². The van der Waals surface area contributed by atoms with Crippen LogP contribution in [0.2, 0.25) is 0 Å². The number of anilines is 1.